The molecule has 0 aromatic carbocycles. The minimum Gasteiger partial charge on any atom is -0.281 e. The Labute approximate surface area is 225 Å². The van der Waals surface area contributed by atoms with Crippen molar-refractivity contribution in [1.82, 2.24) is 0 Å². The monoisotopic (exact) mass is 590 g/mol. The molecule has 0 atom stereocenters. The second kappa shape index (κ2) is 53.7. The molecule has 0 aliphatic heterocycles. The number of carbonyl (C=O) groups excluding carboxylic acids is 3. The van der Waals surface area contributed by atoms with Gasteiger partial charge < -0.3 is 0 Å². The molecule has 0 spiro atoms. The van der Waals surface area contributed by atoms with Crippen LogP contribution in [0.25, 0.3) is 0 Å². The first-order valence-corrected chi connectivity index (χ1v) is 16.5. The molecule has 0 bridgehead atoms. The van der Waals surface area contributed by atoms with Gasteiger partial charge in [0.15, 0.2) is 0 Å². The van der Waals surface area contributed by atoms with Crippen LogP contribution in [0.5, 0.6) is 0 Å². The first-order chi connectivity index (χ1) is 15.7. The summed E-state index contributed by atoms with van der Waals surface area (Å²) in [6.07, 6.45) is 26.4. The minimum atomic E-state index is 0. The van der Waals surface area contributed by atoms with Crippen LogP contribution in [-0.4, -0.2) is 57.3 Å². The van der Waals surface area contributed by atoms with Crippen molar-refractivity contribution in [2.45, 2.75) is 119 Å². The molecule has 0 saturated carbocycles. The van der Waals surface area contributed by atoms with Gasteiger partial charge in [0.2, 0.25) is 0 Å². The van der Waals surface area contributed by atoms with Crippen molar-refractivity contribution in [2.75, 3.05) is 37.0 Å². The van der Waals surface area contributed by atoms with Gasteiger partial charge in [-0.05, 0) is 75.5 Å². The molecule has 0 aliphatic rings. The van der Waals surface area contributed by atoms with Crippen LogP contribution in [0.4, 0.5) is 0 Å². The van der Waals surface area contributed by atoms with Crippen LogP contribution in [0.3, 0.4) is 0 Å². The van der Waals surface area contributed by atoms with Crippen LogP contribution in [0, 0.1) is 0 Å². The fraction of sp³-hybridized carbons (Fsp3) is 0.889. The van der Waals surface area contributed by atoms with E-state index in [1.807, 2.05) is 0 Å². The molecule has 0 heterocycles. The summed E-state index contributed by atoms with van der Waals surface area (Å²) in [4.78, 5) is 22.5. The molecule has 3 nitrogen and oxygen atoms in total. The number of unbranched alkanes of at least 4 members (excludes halogenated alkanes) is 6. The van der Waals surface area contributed by atoms with Crippen molar-refractivity contribution in [3.8, 4) is 0 Å². The first kappa shape index (κ1) is 46.8. The van der Waals surface area contributed by atoms with Gasteiger partial charge >= 0.3 is 0 Å². The van der Waals surface area contributed by atoms with E-state index in [4.69, 9.17) is 14.4 Å². The summed E-state index contributed by atoms with van der Waals surface area (Å²) < 4.78 is 0. The minimum absolute atomic E-state index is 0. The molecular formula is C27H54O3P2Ru. The molecule has 0 aromatic heterocycles. The van der Waals surface area contributed by atoms with E-state index in [1.165, 1.54) is 77.0 Å². The molecule has 198 valence electrons. The van der Waals surface area contributed by atoms with E-state index in [0.717, 1.165) is 0 Å². The molecule has 0 unspecified atom stereocenters. The topological polar surface area (TPSA) is 51.2 Å². The maximum atomic E-state index is 7.50. The van der Waals surface area contributed by atoms with Gasteiger partial charge in [0.1, 0.15) is 0 Å². The van der Waals surface area contributed by atoms with Crippen LogP contribution in [0.15, 0.2) is 0 Å². The van der Waals surface area contributed by atoms with E-state index >= 15 is 0 Å². The van der Waals surface area contributed by atoms with Gasteiger partial charge in [0, 0.05) is 19.5 Å². The van der Waals surface area contributed by atoms with Crippen molar-refractivity contribution >= 4 is 36.2 Å². The van der Waals surface area contributed by atoms with E-state index in [-0.39, 0.29) is 19.5 Å². The molecular weight excluding hydrogens is 535 g/mol. The van der Waals surface area contributed by atoms with Gasteiger partial charge in [-0.25, -0.2) is 0 Å². The van der Waals surface area contributed by atoms with Crippen LogP contribution < -0.4 is 0 Å². The smallest absolute Gasteiger partial charge is 0.281 e. The summed E-state index contributed by atoms with van der Waals surface area (Å²) in [5.41, 5.74) is 0. The van der Waals surface area contributed by atoms with Gasteiger partial charge in [-0.3, -0.25) is 14.4 Å². The zero-order chi connectivity index (χ0) is 25.9. The van der Waals surface area contributed by atoms with Gasteiger partial charge in [0.05, 0.1) is 0 Å². The average Bonchev–Trinajstić information content (AvgIpc) is 2.87. The van der Waals surface area contributed by atoms with E-state index in [2.05, 4.69) is 61.9 Å². The number of rotatable bonds is 18. The van der Waals surface area contributed by atoms with Crippen LogP contribution >= 0.6 is 15.8 Å². The van der Waals surface area contributed by atoms with Crippen molar-refractivity contribution in [3.63, 3.8) is 0 Å². The summed E-state index contributed by atoms with van der Waals surface area (Å²) in [7, 11) is 0.843. The van der Waals surface area contributed by atoms with Crippen LogP contribution in [0.1, 0.15) is 119 Å². The summed E-state index contributed by atoms with van der Waals surface area (Å²) in [6, 6.07) is 0. The predicted molar refractivity (Wildman–Crippen MR) is 150 cm³/mol. The summed E-state index contributed by atoms with van der Waals surface area (Å²) in [6.45, 7) is 27.4. The molecule has 0 rings (SSSR count). The largest absolute Gasteiger partial charge is 0.281 e. The zero-order valence-electron chi connectivity index (χ0n) is 22.7. The Bertz CT molecular complexity index is 221. The van der Waals surface area contributed by atoms with Gasteiger partial charge in [-0.15, -0.1) is 15.8 Å². The Morgan fingerprint density at radius 1 is 0.364 bits per heavy atom. The summed E-state index contributed by atoms with van der Waals surface area (Å²) in [5, 5.41) is 0. The number of hydrogen-bond acceptors (Lipinski definition) is 3. The van der Waals surface area contributed by atoms with E-state index in [1.54, 1.807) is 37.0 Å². The Kier molecular flexibility index (Phi) is 76.2. The number of hydrogen-bond donors (Lipinski definition) is 0. The van der Waals surface area contributed by atoms with E-state index < -0.39 is 0 Å². The molecule has 0 saturated heterocycles. The summed E-state index contributed by atoms with van der Waals surface area (Å²) >= 11 is 0. The fourth-order valence-electron chi connectivity index (χ4n) is 2.96. The Hall–Kier alpha value is 0.493. The quantitative estimate of drug-likeness (QED) is 0.119. The third kappa shape index (κ3) is 50.4. The van der Waals surface area contributed by atoms with Gasteiger partial charge in [0.25, 0.3) is 20.4 Å². The Balaban J connectivity index is -0.0000000875. The van der Waals surface area contributed by atoms with Crippen molar-refractivity contribution < 1.29 is 33.9 Å². The van der Waals surface area contributed by atoms with Gasteiger partial charge in [-0.2, -0.15) is 0 Å². The third-order valence-corrected chi connectivity index (χ3v) is 10.7. The normalized spacial score (nSPS) is 9.09. The Morgan fingerprint density at radius 3 is 0.576 bits per heavy atom. The van der Waals surface area contributed by atoms with Gasteiger partial charge in [-0.1, -0.05) is 80.1 Å². The first-order valence-electron chi connectivity index (χ1n) is 12.8. The summed E-state index contributed by atoms with van der Waals surface area (Å²) in [5.74, 6) is 0. The maximum Gasteiger partial charge on any atom is 0.281 e. The predicted octanol–water partition coefficient (Wildman–Crippen LogP) is 8.54. The SMILES string of the molecule is CCCCP(CCCC)CCCC.CCCCP(CCCC)CCCC.[C]=O.[C]=O.[C]=O.[Ru]. The molecule has 0 amide bonds. The van der Waals surface area contributed by atoms with E-state index in [9.17, 15) is 0 Å². The molecule has 0 fully saturated rings. The third-order valence-electron chi connectivity index (χ3n) is 4.97. The van der Waals surface area contributed by atoms with Crippen molar-refractivity contribution in [2.24, 2.45) is 0 Å². The van der Waals surface area contributed by atoms with E-state index in [0.29, 0.717) is 15.8 Å². The molecule has 0 N–H and O–H groups in total. The molecule has 6 radical (unpaired) electrons. The fourth-order valence-corrected chi connectivity index (χ4v) is 8.88. The average molecular weight is 590 g/mol. The zero-order valence-corrected chi connectivity index (χ0v) is 26.2. The van der Waals surface area contributed by atoms with Crippen molar-refractivity contribution in [1.29, 1.82) is 0 Å². The second-order valence-electron chi connectivity index (χ2n) is 7.80. The molecule has 33 heavy (non-hydrogen) atoms. The standard InChI is InChI=1S/2C12H27P.3CO.Ru/c2*1-4-7-10-13(11-8-5-2)12-9-6-3;3*1-2;/h2*4-12H2,1-3H3;;;;. The molecule has 0 aromatic rings. The Morgan fingerprint density at radius 2 is 0.485 bits per heavy atom. The second-order valence-corrected chi connectivity index (χ2v) is 13.2. The van der Waals surface area contributed by atoms with Crippen LogP contribution in [-0.2, 0) is 33.9 Å². The molecule has 6 heteroatoms. The van der Waals surface area contributed by atoms with Crippen molar-refractivity contribution in [3.05, 3.63) is 0 Å². The molecule has 0 aliphatic carbocycles. The maximum absolute atomic E-state index is 7.50. The van der Waals surface area contributed by atoms with Crippen LogP contribution in [0.2, 0.25) is 0 Å².